The number of rotatable bonds is 7. The Kier molecular flexibility index (Phi) is 6.62. The summed E-state index contributed by atoms with van der Waals surface area (Å²) in [6.07, 6.45) is 1.53. The fourth-order valence-electron chi connectivity index (χ4n) is 2.89. The molecule has 0 saturated carbocycles. The molecule has 0 unspecified atom stereocenters. The molecule has 2 aromatic rings. The highest BCUT2D eigenvalue weighted by atomic mass is 16.4. The minimum atomic E-state index is -0.670. The van der Waals surface area contributed by atoms with E-state index < -0.39 is 17.4 Å². The third-order valence-electron chi connectivity index (χ3n) is 4.40. The average molecular weight is 385 g/mol. The van der Waals surface area contributed by atoms with Gasteiger partial charge in [0.05, 0.1) is 5.56 Å². The predicted molar refractivity (Wildman–Crippen MR) is 110 cm³/mol. The number of hydrogen-bond acceptors (Lipinski definition) is 5. The molecule has 28 heavy (non-hydrogen) atoms. The van der Waals surface area contributed by atoms with Gasteiger partial charge >= 0.3 is 5.63 Å². The molecule has 0 fully saturated rings. The fraction of sp³-hybridized carbons (Fsp3) is 0.381. The Hall–Kier alpha value is -3.09. The Labute approximate surface area is 164 Å². The summed E-state index contributed by atoms with van der Waals surface area (Å²) in [5.41, 5.74) is 6.54. The number of benzene rings is 1. The van der Waals surface area contributed by atoms with E-state index in [2.05, 4.69) is 19.2 Å². The van der Waals surface area contributed by atoms with Crippen molar-refractivity contribution in [2.45, 2.75) is 33.6 Å². The van der Waals surface area contributed by atoms with Crippen molar-refractivity contribution in [1.82, 2.24) is 0 Å². The minimum absolute atomic E-state index is 0.0504. The summed E-state index contributed by atoms with van der Waals surface area (Å²) in [5, 5.41) is 2.65. The monoisotopic (exact) mass is 385 g/mol. The first-order valence-corrected chi connectivity index (χ1v) is 9.16. The van der Waals surface area contributed by atoms with Gasteiger partial charge in [0.25, 0.3) is 11.8 Å². The second-order valence-electron chi connectivity index (χ2n) is 7.44. The summed E-state index contributed by atoms with van der Waals surface area (Å²) in [6, 6.07) is 6.54. The largest absolute Gasteiger partial charge is 0.427 e. The molecule has 0 bridgehead atoms. The molecule has 0 aliphatic heterocycles. The van der Waals surface area contributed by atoms with Gasteiger partial charge < -0.3 is 20.4 Å². The number of aryl methyl sites for hydroxylation is 2. The van der Waals surface area contributed by atoms with Gasteiger partial charge in [-0.05, 0) is 49.1 Å². The van der Waals surface area contributed by atoms with Crippen LogP contribution in [0, 0.1) is 12.8 Å². The minimum Gasteiger partial charge on any atom is -0.427 e. The standard InChI is InChI=1S/C21H27N3O4/c1-12(2)6-8-15-10-13(3)18(21(27)28-15)20(26)23-14-7-9-17(24(4)5)16(11-14)19(22)25/h7,9-12H,6,8H2,1-5H3,(H2,22,25)(H,23,26). The van der Waals surface area contributed by atoms with E-state index in [9.17, 15) is 14.4 Å². The lowest BCUT2D eigenvalue weighted by Crippen LogP contribution is -2.24. The number of anilines is 2. The zero-order chi connectivity index (χ0) is 21.0. The maximum atomic E-state index is 12.6. The van der Waals surface area contributed by atoms with Crippen LogP contribution in [0.4, 0.5) is 11.4 Å². The van der Waals surface area contributed by atoms with Gasteiger partial charge in [-0.15, -0.1) is 0 Å². The predicted octanol–water partition coefficient (Wildman–Crippen LogP) is 2.95. The van der Waals surface area contributed by atoms with Crippen LogP contribution in [0.1, 0.15) is 52.3 Å². The van der Waals surface area contributed by atoms with Crippen molar-refractivity contribution in [3.63, 3.8) is 0 Å². The highest BCUT2D eigenvalue weighted by Gasteiger charge is 2.18. The first-order valence-electron chi connectivity index (χ1n) is 9.16. The summed E-state index contributed by atoms with van der Waals surface area (Å²) < 4.78 is 5.31. The van der Waals surface area contributed by atoms with E-state index in [0.717, 1.165) is 6.42 Å². The molecular weight excluding hydrogens is 358 g/mol. The highest BCUT2D eigenvalue weighted by Crippen LogP contribution is 2.23. The molecule has 2 rings (SSSR count). The molecule has 1 heterocycles. The van der Waals surface area contributed by atoms with E-state index >= 15 is 0 Å². The average Bonchev–Trinajstić information content (AvgIpc) is 2.59. The van der Waals surface area contributed by atoms with Crippen molar-refractivity contribution in [3.8, 4) is 0 Å². The number of nitrogens with zero attached hydrogens (tertiary/aromatic N) is 1. The molecule has 2 amide bonds. The summed E-state index contributed by atoms with van der Waals surface area (Å²) in [6.45, 7) is 5.89. The first-order chi connectivity index (χ1) is 13.1. The van der Waals surface area contributed by atoms with Crippen molar-refractivity contribution < 1.29 is 14.0 Å². The van der Waals surface area contributed by atoms with Gasteiger partial charge in [-0.1, -0.05) is 13.8 Å². The maximum absolute atomic E-state index is 12.6. The third-order valence-corrected chi connectivity index (χ3v) is 4.40. The van der Waals surface area contributed by atoms with E-state index in [0.29, 0.717) is 35.0 Å². The van der Waals surface area contributed by atoms with Crippen molar-refractivity contribution in [3.05, 3.63) is 57.1 Å². The smallest absolute Gasteiger partial charge is 0.349 e. The Morgan fingerprint density at radius 1 is 1.21 bits per heavy atom. The second-order valence-corrected chi connectivity index (χ2v) is 7.44. The van der Waals surface area contributed by atoms with Gasteiger partial charge in [0, 0.05) is 31.9 Å². The van der Waals surface area contributed by atoms with Gasteiger partial charge in [0.1, 0.15) is 11.3 Å². The number of hydrogen-bond donors (Lipinski definition) is 2. The van der Waals surface area contributed by atoms with Crippen LogP contribution in [0.25, 0.3) is 0 Å². The number of nitrogens with one attached hydrogen (secondary N) is 1. The van der Waals surface area contributed by atoms with Crippen LogP contribution < -0.4 is 21.6 Å². The van der Waals surface area contributed by atoms with Crippen LogP contribution in [0.3, 0.4) is 0 Å². The molecule has 0 atom stereocenters. The van der Waals surface area contributed by atoms with Gasteiger partial charge in [0.2, 0.25) is 0 Å². The molecular formula is C21H27N3O4. The van der Waals surface area contributed by atoms with Gasteiger partial charge in [0.15, 0.2) is 0 Å². The zero-order valence-electron chi connectivity index (χ0n) is 17.0. The van der Waals surface area contributed by atoms with E-state index in [4.69, 9.17) is 10.2 Å². The van der Waals surface area contributed by atoms with Crippen molar-refractivity contribution >= 4 is 23.2 Å². The fourth-order valence-corrected chi connectivity index (χ4v) is 2.89. The zero-order valence-corrected chi connectivity index (χ0v) is 17.0. The lowest BCUT2D eigenvalue weighted by Gasteiger charge is -2.17. The van der Waals surface area contributed by atoms with Crippen molar-refractivity contribution in [2.24, 2.45) is 11.7 Å². The molecule has 3 N–H and O–H groups in total. The Morgan fingerprint density at radius 3 is 2.43 bits per heavy atom. The number of amides is 2. The molecule has 150 valence electrons. The van der Waals surface area contributed by atoms with Crippen LogP contribution in [0.2, 0.25) is 0 Å². The Morgan fingerprint density at radius 2 is 1.89 bits per heavy atom. The lowest BCUT2D eigenvalue weighted by atomic mass is 10.0. The van der Waals surface area contributed by atoms with E-state index in [1.54, 1.807) is 44.1 Å². The highest BCUT2D eigenvalue weighted by molar-refractivity contribution is 6.06. The van der Waals surface area contributed by atoms with E-state index in [-0.39, 0.29) is 11.1 Å². The van der Waals surface area contributed by atoms with E-state index in [1.807, 2.05) is 0 Å². The SMILES string of the molecule is Cc1cc(CCC(C)C)oc(=O)c1C(=O)Nc1ccc(N(C)C)c(C(N)=O)c1. The lowest BCUT2D eigenvalue weighted by molar-refractivity contribution is 0.0995. The second kappa shape index (κ2) is 8.73. The maximum Gasteiger partial charge on any atom is 0.349 e. The third kappa shape index (κ3) is 5.00. The summed E-state index contributed by atoms with van der Waals surface area (Å²) >= 11 is 0. The van der Waals surface area contributed by atoms with Crippen LogP contribution >= 0.6 is 0 Å². The van der Waals surface area contributed by atoms with Gasteiger partial charge in [-0.25, -0.2) is 4.79 Å². The number of carbonyl (C=O) groups excluding carboxylic acids is 2. The van der Waals surface area contributed by atoms with Crippen LogP contribution in [0.15, 0.2) is 33.5 Å². The quantitative estimate of drug-likeness (QED) is 0.762. The Bertz CT molecular complexity index is 945. The van der Waals surface area contributed by atoms with E-state index in [1.165, 1.54) is 6.07 Å². The van der Waals surface area contributed by atoms with Crippen molar-refractivity contribution in [2.75, 3.05) is 24.3 Å². The normalized spacial score (nSPS) is 10.8. The van der Waals surface area contributed by atoms with Gasteiger partial charge in [-0.3, -0.25) is 9.59 Å². The van der Waals surface area contributed by atoms with Gasteiger partial charge in [-0.2, -0.15) is 0 Å². The number of carbonyl (C=O) groups is 2. The topological polar surface area (TPSA) is 106 Å². The number of primary amides is 1. The summed E-state index contributed by atoms with van der Waals surface area (Å²) in [7, 11) is 3.57. The summed E-state index contributed by atoms with van der Waals surface area (Å²) in [4.78, 5) is 38.4. The Balaban J connectivity index is 2.29. The molecule has 0 radical (unpaired) electrons. The molecule has 7 heteroatoms. The molecule has 0 aliphatic carbocycles. The molecule has 0 aliphatic rings. The number of nitrogens with two attached hydrogens (primary N) is 1. The summed E-state index contributed by atoms with van der Waals surface area (Å²) in [5.74, 6) is -0.142. The molecule has 0 saturated heterocycles. The molecule has 1 aromatic carbocycles. The van der Waals surface area contributed by atoms with Crippen LogP contribution in [-0.2, 0) is 6.42 Å². The van der Waals surface area contributed by atoms with Crippen LogP contribution in [0.5, 0.6) is 0 Å². The van der Waals surface area contributed by atoms with Crippen LogP contribution in [-0.4, -0.2) is 25.9 Å². The first kappa shape index (κ1) is 21.2. The molecule has 7 nitrogen and oxygen atoms in total. The molecule has 1 aromatic heterocycles. The molecule has 0 spiro atoms. The van der Waals surface area contributed by atoms with Crippen molar-refractivity contribution in [1.29, 1.82) is 0 Å².